The van der Waals surface area contributed by atoms with E-state index in [1.54, 1.807) is 6.20 Å². The molecule has 3 aromatic rings. The molecule has 0 radical (unpaired) electrons. The number of hydrogen-bond acceptors (Lipinski definition) is 5. The Hall–Kier alpha value is -2.24. The van der Waals surface area contributed by atoms with Gasteiger partial charge in [-0.3, -0.25) is 4.98 Å². The molecule has 1 aromatic carbocycles. The van der Waals surface area contributed by atoms with Gasteiger partial charge in [0.05, 0.1) is 24.2 Å². The fourth-order valence-corrected chi connectivity index (χ4v) is 2.47. The third kappa shape index (κ3) is 2.66. The summed E-state index contributed by atoms with van der Waals surface area (Å²) < 4.78 is 0. The van der Waals surface area contributed by atoms with Crippen molar-refractivity contribution in [2.75, 3.05) is 31.2 Å². The van der Waals surface area contributed by atoms with Crippen molar-refractivity contribution in [3.8, 4) is 0 Å². The molecule has 0 fully saturated rings. The summed E-state index contributed by atoms with van der Waals surface area (Å²) in [5.41, 5.74) is 1.70. The highest BCUT2D eigenvalue weighted by molar-refractivity contribution is 6.03. The third-order valence-electron chi connectivity index (χ3n) is 3.48. The smallest absolute Gasteiger partial charge is 0.129 e. The zero-order valence-electron chi connectivity index (χ0n) is 11.6. The third-order valence-corrected chi connectivity index (χ3v) is 3.48. The van der Waals surface area contributed by atoms with Crippen LogP contribution in [0.15, 0.2) is 42.6 Å². The van der Waals surface area contributed by atoms with Crippen LogP contribution >= 0.6 is 0 Å². The zero-order chi connectivity index (χ0) is 14.7. The van der Waals surface area contributed by atoms with Crippen molar-refractivity contribution < 1.29 is 10.2 Å². The maximum Gasteiger partial charge on any atom is 0.129 e. The first-order chi connectivity index (χ1) is 10.3. The summed E-state index contributed by atoms with van der Waals surface area (Å²) in [6.07, 6.45) is 1.76. The number of aliphatic hydroxyl groups is 2. The molecule has 2 heterocycles. The van der Waals surface area contributed by atoms with Gasteiger partial charge in [-0.25, -0.2) is 4.98 Å². The Kier molecular flexibility index (Phi) is 3.94. The molecule has 0 spiro atoms. The SMILES string of the molecule is OCCN(CCO)c1ccc2ccc3cccnc3c2n1. The summed E-state index contributed by atoms with van der Waals surface area (Å²) >= 11 is 0. The normalized spacial score (nSPS) is 11.1. The Bertz CT molecular complexity index is 755. The van der Waals surface area contributed by atoms with Gasteiger partial charge in [0.25, 0.3) is 0 Å². The molecule has 2 aromatic heterocycles. The molecule has 0 aliphatic rings. The van der Waals surface area contributed by atoms with Crippen LogP contribution in [0.25, 0.3) is 21.8 Å². The quantitative estimate of drug-likeness (QED) is 0.696. The van der Waals surface area contributed by atoms with Gasteiger partial charge in [-0.2, -0.15) is 0 Å². The van der Waals surface area contributed by atoms with E-state index in [-0.39, 0.29) is 13.2 Å². The molecule has 0 aliphatic heterocycles. The maximum absolute atomic E-state index is 9.15. The highest BCUT2D eigenvalue weighted by atomic mass is 16.3. The fraction of sp³-hybridized carbons (Fsp3) is 0.250. The van der Waals surface area contributed by atoms with E-state index < -0.39 is 0 Å². The van der Waals surface area contributed by atoms with E-state index >= 15 is 0 Å². The topological polar surface area (TPSA) is 69.5 Å². The van der Waals surface area contributed by atoms with Gasteiger partial charge < -0.3 is 15.1 Å². The molecule has 0 amide bonds. The average Bonchev–Trinajstić information content (AvgIpc) is 2.54. The zero-order valence-corrected chi connectivity index (χ0v) is 11.6. The van der Waals surface area contributed by atoms with Crippen molar-refractivity contribution in [1.82, 2.24) is 9.97 Å². The van der Waals surface area contributed by atoms with E-state index in [1.807, 2.05) is 41.3 Å². The predicted octanol–water partition coefficient (Wildman–Crippen LogP) is 1.57. The molecule has 0 aliphatic carbocycles. The van der Waals surface area contributed by atoms with Gasteiger partial charge >= 0.3 is 0 Å². The first kappa shape index (κ1) is 13.7. The lowest BCUT2D eigenvalue weighted by atomic mass is 10.1. The first-order valence-electron chi connectivity index (χ1n) is 6.94. The lowest BCUT2D eigenvalue weighted by Crippen LogP contribution is -2.30. The molecule has 108 valence electrons. The van der Waals surface area contributed by atoms with Gasteiger partial charge in [0.1, 0.15) is 5.82 Å². The standard InChI is InChI=1S/C16H17N3O2/c20-10-8-19(9-11-21)14-6-5-13-4-3-12-2-1-7-17-15(12)16(13)18-14/h1-7,20-21H,8-11H2. The van der Waals surface area contributed by atoms with Crippen molar-refractivity contribution >= 4 is 27.6 Å². The molecule has 5 nitrogen and oxygen atoms in total. The molecule has 2 N–H and O–H groups in total. The largest absolute Gasteiger partial charge is 0.395 e. The number of pyridine rings is 2. The Balaban J connectivity index is 2.15. The van der Waals surface area contributed by atoms with Crippen molar-refractivity contribution in [1.29, 1.82) is 0 Å². The number of aromatic nitrogens is 2. The lowest BCUT2D eigenvalue weighted by molar-refractivity contribution is 0.280. The van der Waals surface area contributed by atoms with E-state index in [1.165, 1.54) is 0 Å². The molecular formula is C16H17N3O2. The van der Waals surface area contributed by atoms with Crippen LogP contribution in [0.3, 0.4) is 0 Å². The van der Waals surface area contributed by atoms with Crippen LogP contribution in [0.2, 0.25) is 0 Å². The van der Waals surface area contributed by atoms with Crippen LogP contribution in [0.5, 0.6) is 0 Å². The van der Waals surface area contributed by atoms with Gasteiger partial charge in [-0.15, -0.1) is 0 Å². The highest BCUT2D eigenvalue weighted by Gasteiger charge is 2.09. The van der Waals surface area contributed by atoms with Crippen molar-refractivity contribution in [2.24, 2.45) is 0 Å². The molecular weight excluding hydrogens is 266 g/mol. The van der Waals surface area contributed by atoms with E-state index in [0.717, 1.165) is 27.6 Å². The second-order valence-electron chi connectivity index (χ2n) is 4.82. The number of rotatable bonds is 5. The van der Waals surface area contributed by atoms with E-state index in [0.29, 0.717) is 13.1 Å². The summed E-state index contributed by atoms with van der Waals surface area (Å²) in [5.74, 6) is 0.740. The highest BCUT2D eigenvalue weighted by Crippen LogP contribution is 2.24. The molecule has 0 bridgehead atoms. The van der Waals surface area contributed by atoms with E-state index in [4.69, 9.17) is 10.2 Å². The van der Waals surface area contributed by atoms with Crippen molar-refractivity contribution in [3.63, 3.8) is 0 Å². The number of anilines is 1. The second-order valence-corrected chi connectivity index (χ2v) is 4.82. The Morgan fingerprint density at radius 2 is 1.52 bits per heavy atom. The van der Waals surface area contributed by atoms with Crippen LogP contribution in [0, 0.1) is 0 Å². The summed E-state index contributed by atoms with van der Waals surface area (Å²) in [6.45, 7) is 0.926. The number of nitrogens with zero attached hydrogens (tertiary/aromatic N) is 3. The first-order valence-corrected chi connectivity index (χ1v) is 6.94. The lowest BCUT2D eigenvalue weighted by Gasteiger charge is -2.22. The van der Waals surface area contributed by atoms with Crippen molar-refractivity contribution in [2.45, 2.75) is 0 Å². The number of benzene rings is 1. The van der Waals surface area contributed by atoms with Gasteiger partial charge in [0, 0.05) is 30.1 Å². The number of hydrogen-bond donors (Lipinski definition) is 2. The fourth-order valence-electron chi connectivity index (χ4n) is 2.47. The molecule has 0 saturated carbocycles. The molecule has 0 atom stereocenters. The second kappa shape index (κ2) is 6.03. The number of fused-ring (bicyclic) bond motifs is 3. The van der Waals surface area contributed by atoms with Crippen LogP contribution in [0.1, 0.15) is 0 Å². The molecule has 21 heavy (non-hydrogen) atoms. The molecule has 0 saturated heterocycles. The molecule has 3 rings (SSSR count). The summed E-state index contributed by atoms with van der Waals surface area (Å²) in [7, 11) is 0. The summed E-state index contributed by atoms with van der Waals surface area (Å²) in [4.78, 5) is 11.0. The van der Waals surface area contributed by atoms with Gasteiger partial charge in [0.15, 0.2) is 0 Å². The molecule has 0 unspecified atom stereocenters. The van der Waals surface area contributed by atoms with Crippen LogP contribution < -0.4 is 4.90 Å². The van der Waals surface area contributed by atoms with E-state index in [2.05, 4.69) is 9.97 Å². The van der Waals surface area contributed by atoms with Gasteiger partial charge in [-0.1, -0.05) is 18.2 Å². The summed E-state index contributed by atoms with van der Waals surface area (Å²) in [5, 5.41) is 20.4. The van der Waals surface area contributed by atoms with Gasteiger partial charge in [-0.05, 0) is 18.2 Å². The Labute approximate surface area is 122 Å². The average molecular weight is 283 g/mol. The van der Waals surface area contributed by atoms with Crippen molar-refractivity contribution in [3.05, 3.63) is 42.6 Å². The van der Waals surface area contributed by atoms with E-state index in [9.17, 15) is 0 Å². The summed E-state index contributed by atoms with van der Waals surface area (Å²) in [6, 6.07) is 11.9. The van der Waals surface area contributed by atoms with Crippen LogP contribution in [0.4, 0.5) is 5.82 Å². The Morgan fingerprint density at radius 1 is 0.857 bits per heavy atom. The number of aliphatic hydroxyl groups excluding tert-OH is 2. The molecule has 5 heteroatoms. The minimum Gasteiger partial charge on any atom is -0.395 e. The van der Waals surface area contributed by atoms with Crippen LogP contribution in [-0.4, -0.2) is 46.5 Å². The van der Waals surface area contributed by atoms with Crippen LogP contribution in [-0.2, 0) is 0 Å². The minimum atomic E-state index is 0.0213. The maximum atomic E-state index is 9.15. The predicted molar refractivity (Wildman–Crippen MR) is 83.4 cm³/mol. The Morgan fingerprint density at radius 3 is 2.24 bits per heavy atom. The van der Waals surface area contributed by atoms with Gasteiger partial charge in [0.2, 0.25) is 0 Å². The monoisotopic (exact) mass is 283 g/mol. The minimum absolute atomic E-state index is 0.0213.